The van der Waals surface area contributed by atoms with Gasteiger partial charge >= 0.3 is 0 Å². The number of amides is 2. The molecule has 158 valence electrons. The highest BCUT2D eigenvalue weighted by molar-refractivity contribution is 5.84. The maximum absolute atomic E-state index is 12.8. The van der Waals surface area contributed by atoms with Crippen molar-refractivity contribution in [2.75, 3.05) is 19.7 Å². The van der Waals surface area contributed by atoms with Crippen LogP contribution in [-0.2, 0) is 20.9 Å². The van der Waals surface area contributed by atoms with Crippen molar-refractivity contribution < 1.29 is 14.3 Å². The van der Waals surface area contributed by atoms with E-state index < -0.39 is 0 Å². The second kappa shape index (κ2) is 7.94. The summed E-state index contributed by atoms with van der Waals surface area (Å²) in [5, 5.41) is 3.06. The van der Waals surface area contributed by atoms with Gasteiger partial charge in [0.1, 0.15) is 0 Å². The standard InChI is InChI=1S/C22H31N3O4/c1-22(2)11-17(8-9-29-22)23-19(26)6-7-20(27)24-12-15-10-16(14-24)18-4-3-5-21(28)25(18)13-15/h3-5,15-17H,6-14H2,1-2H3,(H,23,26)/t15-,16-,17+/m0/s1. The molecule has 0 unspecified atom stereocenters. The number of ether oxygens (including phenoxy) is 1. The third kappa shape index (κ3) is 4.55. The molecule has 0 aromatic carbocycles. The molecule has 3 aliphatic rings. The first kappa shape index (κ1) is 20.1. The van der Waals surface area contributed by atoms with Crippen LogP contribution in [0.4, 0.5) is 0 Å². The third-order valence-corrected chi connectivity index (χ3v) is 6.46. The molecule has 4 rings (SSSR count). The van der Waals surface area contributed by atoms with Crippen LogP contribution in [0.1, 0.15) is 57.6 Å². The summed E-state index contributed by atoms with van der Waals surface area (Å²) in [6.45, 7) is 6.70. The van der Waals surface area contributed by atoms with Crippen molar-refractivity contribution in [3.8, 4) is 0 Å². The smallest absolute Gasteiger partial charge is 0.250 e. The molecule has 2 bridgehead atoms. The number of hydrogen-bond donors (Lipinski definition) is 1. The fourth-order valence-electron chi connectivity index (χ4n) is 5.13. The monoisotopic (exact) mass is 401 g/mol. The van der Waals surface area contributed by atoms with Crippen molar-refractivity contribution in [1.82, 2.24) is 14.8 Å². The lowest BCUT2D eigenvalue weighted by molar-refractivity contribution is -0.136. The van der Waals surface area contributed by atoms with Gasteiger partial charge in [-0.1, -0.05) is 6.07 Å². The lowest BCUT2D eigenvalue weighted by atomic mass is 9.83. The van der Waals surface area contributed by atoms with Gasteiger partial charge in [0.05, 0.1) is 5.60 Å². The Morgan fingerprint density at radius 2 is 2.03 bits per heavy atom. The Hall–Kier alpha value is -2.15. The number of piperidine rings is 1. The summed E-state index contributed by atoms with van der Waals surface area (Å²) in [4.78, 5) is 39.1. The highest BCUT2D eigenvalue weighted by Gasteiger charge is 2.36. The van der Waals surface area contributed by atoms with Gasteiger partial charge in [0.2, 0.25) is 11.8 Å². The molecule has 1 aromatic heterocycles. The van der Waals surface area contributed by atoms with Gasteiger partial charge < -0.3 is 19.5 Å². The van der Waals surface area contributed by atoms with Crippen LogP contribution in [0, 0.1) is 5.92 Å². The molecule has 4 heterocycles. The van der Waals surface area contributed by atoms with Gasteiger partial charge in [-0.25, -0.2) is 0 Å². The Kier molecular flexibility index (Phi) is 5.51. The molecule has 0 aliphatic carbocycles. The van der Waals surface area contributed by atoms with Crippen molar-refractivity contribution >= 4 is 11.8 Å². The summed E-state index contributed by atoms with van der Waals surface area (Å²) < 4.78 is 7.55. The minimum atomic E-state index is -0.212. The van der Waals surface area contributed by atoms with Crippen LogP contribution in [0.3, 0.4) is 0 Å². The molecule has 0 radical (unpaired) electrons. The maximum atomic E-state index is 12.8. The summed E-state index contributed by atoms with van der Waals surface area (Å²) in [5.41, 5.74) is 0.867. The summed E-state index contributed by atoms with van der Waals surface area (Å²) in [7, 11) is 0. The number of fused-ring (bicyclic) bond motifs is 4. The van der Waals surface area contributed by atoms with E-state index in [2.05, 4.69) is 5.32 Å². The predicted octanol–water partition coefficient (Wildman–Crippen LogP) is 1.65. The second-order valence-corrected chi connectivity index (χ2v) is 9.36. The van der Waals surface area contributed by atoms with Crippen LogP contribution in [-0.4, -0.2) is 52.6 Å². The van der Waals surface area contributed by atoms with Gasteiger partial charge in [-0.2, -0.15) is 0 Å². The van der Waals surface area contributed by atoms with Crippen LogP contribution < -0.4 is 10.9 Å². The molecule has 2 saturated heterocycles. The molecule has 2 fully saturated rings. The van der Waals surface area contributed by atoms with Gasteiger partial charge in [-0.15, -0.1) is 0 Å². The Morgan fingerprint density at radius 3 is 2.83 bits per heavy atom. The Bertz CT molecular complexity index is 847. The molecule has 1 aromatic rings. The molecule has 1 N–H and O–H groups in total. The molecule has 3 atom stereocenters. The van der Waals surface area contributed by atoms with E-state index in [4.69, 9.17) is 4.74 Å². The van der Waals surface area contributed by atoms with E-state index in [1.54, 1.807) is 12.1 Å². The van der Waals surface area contributed by atoms with E-state index in [1.165, 1.54) is 0 Å². The topological polar surface area (TPSA) is 80.6 Å². The molecule has 7 nitrogen and oxygen atoms in total. The Morgan fingerprint density at radius 1 is 1.21 bits per heavy atom. The largest absolute Gasteiger partial charge is 0.375 e. The molecular formula is C22H31N3O4. The molecule has 3 aliphatic heterocycles. The quantitative estimate of drug-likeness (QED) is 0.832. The van der Waals surface area contributed by atoms with Crippen LogP contribution in [0.5, 0.6) is 0 Å². The van der Waals surface area contributed by atoms with Crippen molar-refractivity contribution in [2.45, 2.75) is 70.1 Å². The normalized spacial score (nSPS) is 27.8. The lowest BCUT2D eigenvalue weighted by Gasteiger charge is -2.42. The van der Waals surface area contributed by atoms with Crippen molar-refractivity contribution in [3.63, 3.8) is 0 Å². The van der Waals surface area contributed by atoms with E-state index in [1.807, 2.05) is 29.4 Å². The molecule has 29 heavy (non-hydrogen) atoms. The summed E-state index contributed by atoms with van der Waals surface area (Å²) in [6.07, 6.45) is 3.09. The number of pyridine rings is 1. The van der Waals surface area contributed by atoms with E-state index in [9.17, 15) is 14.4 Å². The zero-order valence-corrected chi connectivity index (χ0v) is 17.4. The van der Waals surface area contributed by atoms with Gasteiger partial charge in [0, 0.05) is 62.8 Å². The fourth-order valence-corrected chi connectivity index (χ4v) is 5.13. The summed E-state index contributed by atoms with van der Waals surface area (Å²) >= 11 is 0. The van der Waals surface area contributed by atoms with Crippen molar-refractivity contribution in [2.24, 2.45) is 5.92 Å². The Balaban J connectivity index is 1.30. The van der Waals surface area contributed by atoms with Crippen molar-refractivity contribution in [1.29, 1.82) is 0 Å². The average molecular weight is 402 g/mol. The minimum absolute atomic E-state index is 0.0360. The number of nitrogens with zero attached hydrogens (tertiary/aromatic N) is 2. The summed E-state index contributed by atoms with van der Waals surface area (Å²) in [6, 6.07) is 5.52. The molecule has 0 saturated carbocycles. The van der Waals surface area contributed by atoms with Gasteiger partial charge in [0.25, 0.3) is 5.56 Å². The second-order valence-electron chi connectivity index (χ2n) is 9.36. The molecule has 2 amide bonds. The first-order chi connectivity index (χ1) is 13.8. The first-order valence-electron chi connectivity index (χ1n) is 10.7. The fraction of sp³-hybridized carbons (Fsp3) is 0.682. The zero-order chi connectivity index (χ0) is 20.6. The van der Waals surface area contributed by atoms with Crippen LogP contribution in [0.15, 0.2) is 23.0 Å². The molecule has 0 spiro atoms. The predicted molar refractivity (Wildman–Crippen MR) is 109 cm³/mol. The Labute approximate surface area is 171 Å². The van der Waals surface area contributed by atoms with Crippen molar-refractivity contribution in [3.05, 3.63) is 34.2 Å². The SMILES string of the molecule is CC1(C)C[C@H](NC(=O)CCC(=O)N2C[C@@H]3C[C@@H](C2)c2cccc(=O)n2C3)CCO1. The van der Waals surface area contributed by atoms with Crippen LogP contribution >= 0.6 is 0 Å². The van der Waals surface area contributed by atoms with Gasteiger partial charge in [-0.3, -0.25) is 14.4 Å². The number of carbonyl (C=O) groups is 2. The van der Waals surface area contributed by atoms with Gasteiger partial charge in [0.15, 0.2) is 0 Å². The highest BCUT2D eigenvalue weighted by atomic mass is 16.5. The number of aromatic nitrogens is 1. The van der Waals surface area contributed by atoms with E-state index in [0.717, 1.165) is 25.0 Å². The average Bonchev–Trinajstić information content (AvgIpc) is 2.66. The van der Waals surface area contributed by atoms with E-state index in [-0.39, 0.29) is 47.8 Å². The third-order valence-electron chi connectivity index (χ3n) is 6.46. The number of rotatable bonds is 4. The molecular weight excluding hydrogens is 370 g/mol. The minimum Gasteiger partial charge on any atom is -0.375 e. The number of hydrogen-bond acceptors (Lipinski definition) is 4. The highest BCUT2D eigenvalue weighted by Crippen LogP contribution is 2.35. The number of nitrogens with one attached hydrogen (secondary N) is 1. The maximum Gasteiger partial charge on any atom is 0.250 e. The zero-order valence-electron chi connectivity index (χ0n) is 17.4. The number of likely N-dealkylation sites (tertiary alicyclic amines) is 1. The summed E-state index contributed by atoms with van der Waals surface area (Å²) in [5.74, 6) is 0.492. The number of carbonyl (C=O) groups excluding carboxylic acids is 2. The van der Waals surface area contributed by atoms with E-state index in [0.29, 0.717) is 32.2 Å². The molecule has 7 heteroatoms. The first-order valence-corrected chi connectivity index (χ1v) is 10.7. The van der Waals surface area contributed by atoms with Crippen LogP contribution in [0.2, 0.25) is 0 Å². The van der Waals surface area contributed by atoms with E-state index >= 15 is 0 Å². The lowest BCUT2D eigenvalue weighted by Crippen LogP contribution is -2.49. The van der Waals surface area contributed by atoms with Crippen LogP contribution in [0.25, 0.3) is 0 Å². The van der Waals surface area contributed by atoms with Gasteiger partial charge in [-0.05, 0) is 45.1 Å².